The highest BCUT2D eigenvalue weighted by molar-refractivity contribution is 7.80. The number of aryl methyl sites for hydroxylation is 1. The van der Waals surface area contributed by atoms with Crippen molar-refractivity contribution in [2.75, 3.05) is 13.2 Å². The number of ether oxygens (including phenoxy) is 1. The first kappa shape index (κ1) is 20.0. The maximum Gasteiger partial charge on any atom is 0.170 e. The summed E-state index contributed by atoms with van der Waals surface area (Å²) in [5.41, 5.74) is 5.17. The van der Waals surface area contributed by atoms with Gasteiger partial charge in [0.05, 0.1) is 23.9 Å². The zero-order valence-electron chi connectivity index (χ0n) is 18.0. The van der Waals surface area contributed by atoms with Crippen LogP contribution in [0.1, 0.15) is 79.3 Å². The molecule has 1 N–H and O–H groups in total. The van der Waals surface area contributed by atoms with Gasteiger partial charge in [0.15, 0.2) is 5.11 Å². The van der Waals surface area contributed by atoms with Gasteiger partial charge in [0, 0.05) is 36.8 Å². The lowest BCUT2D eigenvalue weighted by Crippen LogP contribution is -2.36. The highest BCUT2D eigenvalue weighted by Crippen LogP contribution is 2.43. The Bertz CT molecular complexity index is 899. The third kappa shape index (κ3) is 3.54. The summed E-state index contributed by atoms with van der Waals surface area (Å²) < 4.78 is 8.57. The van der Waals surface area contributed by atoms with E-state index in [1.807, 2.05) is 12.3 Å². The fraction of sp³-hybridized carbons (Fsp3) is 0.583. The summed E-state index contributed by atoms with van der Waals surface area (Å²) in [7, 11) is 0. The van der Waals surface area contributed by atoms with Crippen molar-refractivity contribution in [2.45, 2.75) is 76.6 Å². The Morgan fingerprint density at radius 3 is 2.70 bits per heavy atom. The number of hydrogen-bond donors (Lipinski definition) is 1. The van der Waals surface area contributed by atoms with E-state index in [-0.39, 0.29) is 18.2 Å². The van der Waals surface area contributed by atoms with E-state index in [2.05, 4.69) is 51.8 Å². The van der Waals surface area contributed by atoms with Gasteiger partial charge in [0.25, 0.3) is 0 Å². The number of aromatic nitrogens is 2. The van der Waals surface area contributed by atoms with Gasteiger partial charge >= 0.3 is 0 Å². The van der Waals surface area contributed by atoms with Crippen molar-refractivity contribution in [1.29, 1.82) is 0 Å². The average molecular weight is 425 g/mol. The van der Waals surface area contributed by atoms with Crippen molar-refractivity contribution in [2.24, 2.45) is 0 Å². The molecule has 5 rings (SSSR count). The van der Waals surface area contributed by atoms with E-state index in [1.54, 1.807) is 0 Å². The smallest absolute Gasteiger partial charge is 0.170 e. The second-order valence-corrected chi connectivity index (χ2v) is 9.44. The number of rotatable bonds is 5. The number of thiocarbonyl (C=S) groups is 1. The maximum atomic E-state index is 5.98. The molecule has 2 aliphatic heterocycles. The third-order valence-electron chi connectivity index (χ3n) is 7.15. The van der Waals surface area contributed by atoms with E-state index >= 15 is 0 Å². The van der Waals surface area contributed by atoms with Crippen LogP contribution in [0.4, 0.5) is 0 Å². The normalized spacial score (nSPS) is 27.2. The zero-order valence-corrected chi connectivity index (χ0v) is 18.8. The molecule has 0 unspecified atom stereocenters. The van der Waals surface area contributed by atoms with Crippen LogP contribution in [0.5, 0.6) is 0 Å². The SMILES string of the molecule is Cc1cc([C@@H]2[C@H](c3ccccn3)NC(=S)N2C[C@H]2CCCO2)c(C)n1C1CCCC1. The molecule has 0 radical (unpaired) electrons. The number of hydrogen-bond acceptors (Lipinski definition) is 3. The minimum Gasteiger partial charge on any atom is -0.376 e. The monoisotopic (exact) mass is 424 g/mol. The molecule has 2 aromatic rings. The van der Waals surface area contributed by atoms with Gasteiger partial charge in [-0.1, -0.05) is 18.9 Å². The Balaban J connectivity index is 1.55. The van der Waals surface area contributed by atoms with Crippen LogP contribution in [0.25, 0.3) is 0 Å². The van der Waals surface area contributed by atoms with Gasteiger partial charge in [-0.3, -0.25) is 4.98 Å². The molecule has 0 aromatic carbocycles. The highest BCUT2D eigenvalue weighted by Gasteiger charge is 2.42. The summed E-state index contributed by atoms with van der Waals surface area (Å²) in [4.78, 5) is 7.05. The number of nitrogens with one attached hydrogen (secondary N) is 1. The fourth-order valence-electron chi connectivity index (χ4n) is 5.77. The lowest BCUT2D eigenvalue weighted by atomic mass is 9.96. The van der Waals surface area contributed by atoms with Gasteiger partial charge in [0.1, 0.15) is 0 Å². The summed E-state index contributed by atoms with van der Waals surface area (Å²) in [5, 5.41) is 4.41. The summed E-state index contributed by atoms with van der Waals surface area (Å²) in [5.74, 6) is 0. The Morgan fingerprint density at radius 2 is 2.00 bits per heavy atom. The minimum atomic E-state index is 0.0534. The van der Waals surface area contributed by atoms with Gasteiger partial charge in [-0.05, 0) is 75.5 Å². The Hall–Kier alpha value is -1.92. The number of pyridine rings is 1. The van der Waals surface area contributed by atoms with Gasteiger partial charge in [-0.2, -0.15) is 0 Å². The lowest BCUT2D eigenvalue weighted by Gasteiger charge is -2.30. The first-order chi connectivity index (χ1) is 14.6. The second-order valence-electron chi connectivity index (χ2n) is 9.05. The molecule has 2 aromatic heterocycles. The van der Waals surface area contributed by atoms with E-state index in [9.17, 15) is 0 Å². The van der Waals surface area contributed by atoms with E-state index in [0.29, 0.717) is 6.04 Å². The Morgan fingerprint density at radius 1 is 1.17 bits per heavy atom. The molecule has 3 atom stereocenters. The van der Waals surface area contributed by atoms with Crippen LogP contribution in [0.15, 0.2) is 30.5 Å². The predicted octanol–water partition coefficient (Wildman–Crippen LogP) is 4.77. The van der Waals surface area contributed by atoms with Gasteiger partial charge in [-0.25, -0.2) is 0 Å². The van der Waals surface area contributed by atoms with Crippen LogP contribution in [0.3, 0.4) is 0 Å². The first-order valence-corrected chi connectivity index (χ1v) is 11.8. The van der Waals surface area contributed by atoms with Crippen LogP contribution in [-0.4, -0.2) is 38.8 Å². The van der Waals surface area contributed by atoms with Crippen molar-refractivity contribution in [3.05, 3.63) is 53.1 Å². The summed E-state index contributed by atoms with van der Waals surface area (Å²) >= 11 is 5.84. The van der Waals surface area contributed by atoms with Crippen molar-refractivity contribution in [1.82, 2.24) is 19.8 Å². The van der Waals surface area contributed by atoms with Crippen LogP contribution < -0.4 is 5.32 Å². The standard InChI is InChI=1S/C24H32N4OS/c1-16-14-20(17(2)28(16)18-8-3-4-9-18)23-22(21-11-5-6-12-25-21)26-24(30)27(23)15-19-10-7-13-29-19/h5-6,11-12,14,18-19,22-23H,3-4,7-10,13,15H2,1-2H3,(H,26,30)/t19-,22+,23-/m1/s1. The third-order valence-corrected chi connectivity index (χ3v) is 7.51. The summed E-state index contributed by atoms with van der Waals surface area (Å²) in [6.07, 6.45) is 9.65. The molecule has 4 heterocycles. The Kier molecular flexibility index (Phi) is 5.54. The summed E-state index contributed by atoms with van der Waals surface area (Å²) in [6, 6.07) is 9.37. The van der Waals surface area contributed by atoms with Gasteiger partial charge in [-0.15, -0.1) is 0 Å². The van der Waals surface area contributed by atoms with Crippen molar-refractivity contribution in [3.8, 4) is 0 Å². The van der Waals surface area contributed by atoms with E-state index < -0.39 is 0 Å². The number of nitrogens with zero attached hydrogens (tertiary/aromatic N) is 3. The van der Waals surface area contributed by atoms with Crippen LogP contribution >= 0.6 is 12.2 Å². The van der Waals surface area contributed by atoms with Gasteiger partial charge in [0.2, 0.25) is 0 Å². The molecule has 3 aliphatic rings. The molecule has 160 valence electrons. The van der Waals surface area contributed by atoms with E-state index in [4.69, 9.17) is 17.0 Å². The fourth-order valence-corrected chi connectivity index (χ4v) is 6.09. The Labute approximate surface area is 184 Å². The predicted molar refractivity (Wildman–Crippen MR) is 123 cm³/mol. The molecule has 30 heavy (non-hydrogen) atoms. The molecule has 1 saturated carbocycles. The molecule has 2 saturated heterocycles. The largest absolute Gasteiger partial charge is 0.376 e. The average Bonchev–Trinajstić information content (AvgIpc) is 3.53. The van der Waals surface area contributed by atoms with Crippen molar-refractivity contribution in [3.63, 3.8) is 0 Å². The highest BCUT2D eigenvalue weighted by atomic mass is 32.1. The first-order valence-electron chi connectivity index (χ1n) is 11.4. The van der Waals surface area contributed by atoms with Crippen LogP contribution in [-0.2, 0) is 4.74 Å². The maximum absolute atomic E-state index is 5.98. The van der Waals surface area contributed by atoms with Crippen molar-refractivity contribution >= 4 is 17.3 Å². The molecule has 5 nitrogen and oxygen atoms in total. The molecular weight excluding hydrogens is 392 g/mol. The molecular formula is C24H32N4OS. The van der Waals surface area contributed by atoms with E-state index in [0.717, 1.165) is 36.8 Å². The second kappa shape index (κ2) is 8.31. The molecule has 0 amide bonds. The van der Waals surface area contributed by atoms with Crippen molar-refractivity contribution < 1.29 is 4.74 Å². The molecule has 6 heteroatoms. The topological polar surface area (TPSA) is 42.3 Å². The molecule has 0 spiro atoms. The molecule has 3 fully saturated rings. The minimum absolute atomic E-state index is 0.0534. The van der Waals surface area contributed by atoms with Gasteiger partial charge < -0.3 is 19.5 Å². The van der Waals surface area contributed by atoms with E-state index in [1.165, 1.54) is 42.6 Å². The van der Waals surface area contributed by atoms with Crippen LogP contribution in [0, 0.1) is 13.8 Å². The van der Waals surface area contributed by atoms with Crippen LogP contribution in [0.2, 0.25) is 0 Å². The molecule has 1 aliphatic carbocycles. The lowest BCUT2D eigenvalue weighted by molar-refractivity contribution is 0.0841. The quantitative estimate of drug-likeness (QED) is 0.701. The zero-order chi connectivity index (χ0) is 20.7. The summed E-state index contributed by atoms with van der Waals surface area (Å²) in [6.45, 7) is 6.26. The molecule has 0 bridgehead atoms.